The minimum Gasteiger partial charge on any atom is -0.347 e. The summed E-state index contributed by atoms with van der Waals surface area (Å²) >= 11 is 7.13. The lowest BCUT2D eigenvalue weighted by molar-refractivity contribution is -0.141. The van der Waals surface area contributed by atoms with Crippen molar-refractivity contribution in [3.05, 3.63) is 39.3 Å². The summed E-state index contributed by atoms with van der Waals surface area (Å²) in [5.41, 5.74) is -1.02. The third-order valence-corrected chi connectivity index (χ3v) is 4.05. The molecular formula is C12H11ClF3N3OS. The van der Waals surface area contributed by atoms with Crippen LogP contribution < -0.4 is 5.32 Å². The molecule has 2 rings (SSSR count). The summed E-state index contributed by atoms with van der Waals surface area (Å²) in [6.45, 7) is 1.49. The van der Waals surface area contributed by atoms with Crippen LogP contribution in [0.1, 0.15) is 23.5 Å². The Bertz CT molecular complexity index is 638. The second-order valence-corrected chi connectivity index (χ2v) is 6.07. The molecule has 0 aromatic carbocycles. The first kappa shape index (κ1) is 15.8. The van der Waals surface area contributed by atoms with Gasteiger partial charge in [-0.05, 0) is 25.1 Å². The van der Waals surface area contributed by atoms with Gasteiger partial charge in [0.05, 0.1) is 10.4 Å². The Kier molecular flexibility index (Phi) is 4.58. The third-order valence-electron chi connectivity index (χ3n) is 2.63. The Hall–Kier alpha value is -1.54. The van der Waals surface area contributed by atoms with Gasteiger partial charge >= 0.3 is 6.18 Å². The molecule has 1 atom stereocenters. The van der Waals surface area contributed by atoms with E-state index in [9.17, 15) is 18.0 Å². The number of alkyl halides is 3. The van der Waals surface area contributed by atoms with E-state index in [2.05, 4.69) is 10.4 Å². The van der Waals surface area contributed by atoms with Gasteiger partial charge in [-0.2, -0.15) is 18.3 Å². The highest BCUT2D eigenvalue weighted by Gasteiger charge is 2.33. The van der Waals surface area contributed by atoms with Gasteiger partial charge in [-0.25, -0.2) is 0 Å². The van der Waals surface area contributed by atoms with Crippen LogP contribution >= 0.6 is 22.9 Å². The standard InChI is InChI=1S/C12H11ClF3N3OS/c1-7(8-2-3-10(13)21-8)17-11(20)6-19-5-4-9(18-19)12(14,15)16/h2-5,7H,6H2,1H3,(H,17,20). The van der Waals surface area contributed by atoms with E-state index in [1.807, 2.05) is 0 Å². The zero-order chi connectivity index (χ0) is 15.6. The molecule has 114 valence electrons. The Morgan fingerprint density at radius 3 is 2.71 bits per heavy atom. The molecule has 2 aromatic rings. The second kappa shape index (κ2) is 6.07. The lowest BCUT2D eigenvalue weighted by atomic mass is 10.3. The molecule has 0 bridgehead atoms. The number of hydrogen-bond acceptors (Lipinski definition) is 3. The van der Waals surface area contributed by atoms with Crippen LogP contribution in [-0.4, -0.2) is 15.7 Å². The molecule has 21 heavy (non-hydrogen) atoms. The largest absolute Gasteiger partial charge is 0.435 e. The Labute approximate surface area is 127 Å². The maximum atomic E-state index is 12.4. The zero-order valence-corrected chi connectivity index (χ0v) is 12.4. The van der Waals surface area contributed by atoms with Crippen LogP contribution in [0.5, 0.6) is 0 Å². The smallest absolute Gasteiger partial charge is 0.347 e. The molecule has 1 amide bonds. The minimum absolute atomic E-state index is 0.271. The summed E-state index contributed by atoms with van der Waals surface area (Å²) in [5, 5.41) is 5.99. The molecule has 0 spiro atoms. The van der Waals surface area contributed by atoms with Crippen LogP contribution in [0.25, 0.3) is 0 Å². The number of thiophene rings is 1. The van der Waals surface area contributed by atoms with E-state index in [1.54, 1.807) is 19.1 Å². The van der Waals surface area contributed by atoms with Crippen molar-refractivity contribution >= 4 is 28.8 Å². The number of hydrogen-bond donors (Lipinski definition) is 1. The molecule has 0 aliphatic carbocycles. The number of nitrogens with zero attached hydrogens (tertiary/aromatic N) is 2. The van der Waals surface area contributed by atoms with Gasteiger partial charge in [-0.3, -0.25) is 9.48 Å². The maximum Gasteiger partial charge on any atom is 0.435 e. The van der Waals surface area contributed by atoms with E-state index < -0.39 is 17.8 Å². The summed E-state index contributed by atoms with van der Waals surface area (Å²) < 4.78 is 38.7. The van der Waals surface area contributed by atoms with Gasteiger partial charge in [-0.15, -0.1) is 11.3 Å². The van der Waals surface area contributed by atoms with Crippen LogP contribution in [0, 0.1) is 0 Å². The van der Waals surface area contributed by atoms with Crippen molar-refractivity contribution in [1.82, 2.24) is 15.1 Å². The topological polar surface area (TPSA) is 46.9 Å². The second-order valence-electron chi connectivity index (χ2n) is 4.33. The zero-order valence-electron chi connectivity index (χ0n) is 10.8. The number of aromatic nitrogens is 2. The first-order valence-electron chi connectivity index (χ1n) is 5.91. The van der Waals surface area contributed by atoms with E-state index in [-0.39, 0.29) is 12.6 Å². The third kappa shape index (κ3) is 4.21. The molecule has 2 aromatic heterocycles. The molecule has 0 saturated carbocycles. The van der Waals surface area contributed by atoms with Gasteiger partial charge in [0.15, 0.2) is 5.69 Å². The van der Waals surface area contributed by atoms with Crippen molar-refractivity contribution in [2.45, 2.75) is 25.7 Å². The average Bonchev–Trinajstić information content (AvgIpc) is 2.97. The van der Waals surface area contributed by atoms with Crippen molar-refractivity contribution in [3.8, 4) is 0 Å². The fraction of sp³-hybridized carbons (Fsp3) is 0.333. The molecule has 0 aliphatic heterocycles. The highest BCUT2D eigenvalue weighted by molar-refractivity contribution is 7.16. The first-order valence-corrected chi connectivity index (χ1v) is 7.10. The quantitative estimate of drug-likeness (QED) is 0.928. The van der Waals surface area contributed by atoms with Crippen molar-refractivity contribution in [1.29, 1.82) is 0 Å². The SMILES string of the molecule is CC(NC(=O)Cn1ccc(C(F)(F)F)n1)c1ccc(Cl)s1. The van der Waals surface area contributed by atoms with Crippen LogP contribution in [0.3, 0.4) is 0 Å². The molecule has 2 heterocycles. The molecule has 0 aliphatic rings. The van der Waals surface area contributed by atoms with Crippen LogP contribution in [0.15, 0.2) is 24.4 Å². The first-order chi connectivity index (χ1) is 9.75. The monoisotopic (exact) mass is 337 g/mol. The summed E-state index contributed by atoms with van der Waals surface area (Å²) in [4.78, 5) is 12.6. The van der Waals surface area contributed by atoms with Gasteiger partial charge in [-0.1, -0.05) is 11.6 Å². The maximum absolute atomic E-state index is 12.4. The van der Waals surface area contributed by atoms with E-state index in [1.165, 1.54) is 11.3 Å². The van der Waals surface area contributed by atoms with Crippen molar-refractivity contribution < 1.29 is 18.0 Å². The van der Waals surface area contributed by atoms with Gasteiger partial charge in [0, 0.05) is 11.1 Å². The molecule has 9 heteroatoms. The Morgan fingerprint density at radius 2 is 2.19 bits per heavy atom. The molecular weight excluding hydrogens is 327 g/mol. The van der Waals surface area contributed by atoms with Crippen LogP contribution in [0.4, 0.5) is 13.2 Å². The molecule has 4 nitrogen and oxygen atoms in total. The molecule has 0 radical (unpaired) electrons. The highest BCUT2D eigenvalue weighted by atomic mass is 35.5. The Balaban J connectivity index is 1.94. The van der Waals surface area contributed by atoms with Gasteiger partial charge < -0.3 is 5.32 Å². The number of amides is 1. The van der Waals surface area contributed by atoms with Crippen molar-refractivity contribution in [3.63, 3.8) is 0 Å². The van der Waals surface area contributed by atoms with Crippen molar-refractivity contribution in [2.75, 3.05) is 0 Å². The fourth-order valence-electron chi connectivity index (χ4n) is 1.67. The summed E-state index contributed by atoms with van der Waals surface area (Å²) in [6, 6.07) is 4.06. The summed E-state index contributed by atoms with van der Waals surface area (Å²) in [6.07, 6.45) is -3.39. The molecule has 0 fully saturated rings. The van der Waals surface area contributed by atoms with Gasteiger partial charge in [0.1, 0.15) is 6.54 Å². The number of carbonyl (C=O) groups is 1. The predicted molar refractivity (Wildman–Crippen MR) is 73.1 cm³/mol. The summed E-state index contributed by atoms with van der Waals surface area (Å²) in [5.74, 6) is -0.427. The number of halogens is 4. The normalized spacial score (nSPS) is 13.2. The molecule has 0 saturated heterocycles. The lowest BCUT2D eigenvalue weighted by Crippen LogP contribution is -2.30. The van der Waals surface area contributed by atoms with E-state index in [0.29, 0.717) is 4.34 Å². The average molecular weight is 338 g/mol. The number of carbonyl (C=O) groups excluding carboxylic acids is 1. The van der Waals surface area contributed by atoms with E-state index in [4.69, 9.17) is 11.6 Å². The molecule has 1 N–H and O–H groups in total. The van der Waals surface area contributed by atoms with E-state index in [0.717, 1.165) is 21.8 Å². The fourth-order valence-corrected chi connectivity index (χ4v) is 2.73. The van der Waals surface area contributed by atoms with E-state index >= 15 is 0 Å². The Morgan fingerprint density at radius 1 is 1.48 bits per heavy atom. The predicted octanol–water partition coefficient (Wildman–Crippen LogP) is 3.49. The number of nitrogens with one attached hydrogen (secondary N) is 1. The molecule has 1 unspecified atom stereocenters. The van der Waals surface area contributed by atoms with Gasteiger partial charge in [0.2, 0.25) is 5.91 Å². The minimum atomic E-state index is -4.51. The highest BCUT2D eigenvalue weighted by Crippen LogP contribution is 2.28. The van der Waals surface area contributed by atoms with Crippen molar-refractivity contribution in [2.24, 2.45) is 0 Å². The van der Waals surface area contributed by atoms with Gasteiger partial charge in [0.25, 0.3) is 0 Å². The lowest BCUT2D eigenvalue weighted by Gasteiger charge is -2.12. The summed E-state index contributed by atoms with van der Waals surface area (Å²) in [7, 11) is 0. The van der Waals surface area contributed by atoms with Crippen LogP contribution in [-0.2, 0) is 17.5 Å². The number of rotatable bonds is 4. The van der Waals surface area contributed by atoms with Crippen LogP contribution in [0.2, 0.25) is 4.34 Å².